The van der Waals surface area contributed by atoms with Crippen LogP contribution in [0.2, 0.25) is 0 Å². The summed E-state index contributed by atoms with van der Waals surface area (Å²) in [6.07, 6.45) is -1.39. The lowest BCUT2D eigenvalue weighted by Crippen LogP contribution is -2.44. The molecular weight excluding hydrogens is 439 g/mol. The first-order valence-electron chi connectivity index (χ1n) is 11.3. The van der Waals surface area contributed by atoms with Crippen molar-refractivity contribution in [2.45, 2.75) is 52.1 Å². The van der Waals surface area contributed by atoms with Crippen molar-refractivity contribution in [2.75, 3.05) is 38.1 Å². The number of piperidine rings is 1. The zero-order valence-electron chi connectivity index (χ0n) is 19.1. The van der Waals surface area contributed by atoms with Gasteiger partial charge in [-0.15, -0.1) is 0 Å². The van der Waals surface area contributed by atoms with Crippen LogP contribution in [0.25, 0.3) is 0 Å². The molecule has 1 aliphatic rings. The number of nitrogens with one attached hydrogen (secondary N) is 1. The fraction of sp³-hybridized carbons (Fsp3) is 0.609. The first kappa shape index (κ1) is 26.5. The fourth-order valence-corrected chi connectivity index (χ4v) is 3.65. The van der Waals surface area contributed by atoms with Crippen LogP contribution in [0.5, 0.6) is 0 Å². The molecule has 184 valence electrons. The maximum atomic E-state index is 12.7. The molecule has 0 aromatic heterocycles. The number of hydrogen-bond acceptors (Lipinski definition) is 4. The molecule has 0 aliphatic carbocycles. The van der Waals surface area contributed by atoms with Crippen molar-refractivity contribution >= 4 is 23.6 Å². The number of hydrogen-bond donors (Lipinski definition) is 1. The number of unbranched alkanes of at least 4 members (excludes halogenated alkanes) is 1. The molecule has 0 saturated carbocycles. The summed E-state index contributed by atoms with van der Waals surface area (Å²) in [6.45, 7) is 5.47. The average Bonchev–Trinajstić information content (AvgIpc) is 2.79. The number of rotatable bonds is 9. The number of halogens is 3. The Morgan fingerprint density at radius 2 is 1.85 bits per heavy atom. The lowest BCUT2D eigenvalue weighted by Gasteiger charge is -2.32. The first-order chi connectivity index (χ1) is 15.7. The Kier molecular flexibility index (Phi) is 9.99. The van der Waals surface area contributed by atoms with Crippen LogP contribution in [0.4, 0.5) is 23.7 Å². The Bertz CT molecular complexity index is 799. The topological polar surface area (TPSA) is 79.0 Å². The predicted octanol–water partition coefficient (Wildman–Crippen LogP) is 4.53. The van der Waals surface area contributed by atoms with Crippen molar-refractivity contribution in [1.82, 2.24) is 9.80 Å². The number of carbonyl (C=O) groups is 3. The number of anilines is 1. The van der Waals surface area contributed by atoms with Gasteiger partial charge in [0.2, 0.25) is 5.91 Å². The van der Waals surface area contributed by atoms with Crippen LogP contribution in [-0.4, -0.2) is 60.5 Å². The van der Waals surface area contributed by atoms with Crippen LogP contribution in [0.15, 0.2) is 24.3 Å². The van der Waals surface area contributed by atoms with E-state index in [0.717, 1.165) is 25.0 Å². The third kappa shape index (κ3) is 8.25. The van der Waals surface area contributed by atoms with E-state index in [9.17, 15) is 27.6 Å². The summed E-state index contributed by atoms with van der Waals surface area (Å²) in [4.78, 5) is 40.6. The molecule has 0 spiro atoms. The fourth-order valence-electron chi connectivity index (χ4n) is 3.65. The maximum Gasteiger partial charge on any atom is 0.416 e. The third-order valence-electron chi connectivity index (χ3n) is 5.52. The summed E-state index contributed by atoms with van der Waals surface area (Å²) in [7, 11) is 0. The van der Waals surface area contributed by atoms with E-state index in [-0.39, 0.29) is 36.4 Å². The summed E-state index contributed by atoms with van der Waals surface area (Å²) in [5.41, 5.74) is -0.550. The van der Waals surface area contributed by atoms with Crippen LogP contribution in [0.1, 0.15) is 51.5 Å². The van der Waals surface area contributed by atoms with E-state index in [1.54, 1.807) is 11.8 Å². The molecule has 1 heterocycles. The zero-order chi connectivity index (χ0) is 24.4. The van der Waals surface area contributed by atoms with Gasteiger partial charge in [-0.2, -0.15) is 13.2 Å². The molecule has 10 heteroatoms. The van der Waals surface area contributed by atoms with Crippen molar-refractivity contribution in [2.24, 2.45) is 5.92 Å². The molecule has 1 atom stereocenters. The van der Waals surface area contributed by atoms with Gasteiger partial charge in [0.25, 0.3) is 0 Å². The number of likely N-dealkylation sites (tertiary alicyclic amines) is 1. The van der Waals surface area contributed by atoms with E-state index in [0.29, 0.717) is 39.1 Å². The molecule has 1 aromatic rings. The molecule has 0 radical (unpaired) electrons. The minimum Gasteiger partial charge on any atom is -0.466 e. The van der Waals surface area contributed by atoms with Gasteiger partial charge in [0.1, 0.15) is 0 Å². The number of ether oxygens (including phenoxy) is 1. The number of carbonyl (C=O) groups excluding carboxylic acids is 3. The van der Waals surface area contributed by atoms with Gasteiger partial charge in [-0.25, -0.2) is 4.79 Å². The van der Waals surface area contributed by atoms with Crippen LogP contribution < -0.4 is 5.32 Å². The normalized spacial score (nSPS) is 16.3. The van der Waals surface area contributed by atoms with Crippen molar-refractivity contribution in [3.8, 4) is 0 Å². The molecule has 2 rings (SSSR count). The third-order valence-corrected chi connectivity index (χ3v) is 5.52. The van der Waals surface area contributed by atoms with E-state index >= 15 is 0 Å². The molecule has 0 bridgehead atoms. The second kappa shape index (κ2) is 12.5. The van der Waals surface area contributed by atoms with Gasteiger partial charge >= 0.3 is 18.2 Å². The van der Waals surface area contributed by atoms with E-state index in [4.69, 9.17) is 4.74 Å². The number of urea groups is 1. The average molecular weight is 472 g/mol. The molecule has 7 nitrogen and oxygen atoms in total. The van der Waals surface area contributed by atoms with Crippen LogP contribution in [0, 0.1) is 5.92 Å². The quantitative estimate of drug-likeness (QED) is 0.537. The summed E-state index contributed by atoms with van der Waals surface area (Å²) in [6, 6.07) is 3.75. The predicted molar refractivity (Wildman–Crippen MR) is 117 cm³/mol. The van der Waals surface area contributed by atoms with Gasteiger partial charge in [0.15, 0.2) is 0 Å². The van der Waals surface area contributed by atoms with Gasteiger partial charge in [0, 0.05) is 38.3 Å². The van der Waals surface area contributed by atoms with Crippen LogP contribution in [0.3, 0.4) is 0 Å². The summed E-state index contributed by atoms with van der Waals surface area (Å²) in [5.74, 6) is -0.773. The highest BCUT2D eigenvalue weighted by Gasteiger charge is 2.31. The summed E-state index contributed by atoms with van der Waals surface area (Å²) >= 11 is 0. The second-order valence-corrected chi connectivity index (χ2v) is 8.03. The molecule has 1 aliphatic heterocycles. The van der Waals surface area contributed by atoms with Gasteiger partial charge < -0.3 is 19.9 Å². The largest absolute Gasteiger partial charge is 0.466 e. The van der Waals surface area contributed by atoms with Gasteiger partial charge in [-0.3, -0.25) is 9.59 Å². The van der Waals surface area contributed by atoms with Crippen molar-refractivity contribution in [3.05, 3.63) is 29.8 Å². The maximum absolute atomic E-state index is 12.7. The van der Waals surface area contributed by atoms with Crippen LogP contribution >= 0.6 is 0 Å². The van der Waals surface area contributed by atoms with E-state index in [2.05, 4.69) is 5.32 Å². The standard InChI is InChI=1S/C23H32F3N3O4/c1-3-5-13-28(22(32)27-19-10-8-18(9-11-19)23(24,25)26)15-12-20(30)29-14-6-7-17(16-29)21(31)33-4-2/h8-11,17H,3-7,12-16H2,1-2H3,(H,27,32). The minimum atomic E-state index is -4.45. The molecular formula is C23H32F3N3O4. The highest BCUT2D eigenvalue weighted by atomic mass is 19.4. The van der Waals surface area contributed by atoms with E-state index in [1.165, 1.54) is 17.0 Å². The number of amides is 3. The Morgan fingerprint density at radius 1 is 1.15 bits per heavy atom. The monoisotopic (exact) mass is 471 g/mol. The minimum absolute atomic E-state index is 0.0969. The van der Waals surface area contributed by atoms with Gasteiger partial charge in [0.05, 0.1) is 18.1 Å². The van der Waals surface area contributed by atoms with Crippen molar-refractivity contribution in [3.63, 3.8) is 0 Å². The Balaban J connectivity index is 1.94. The Labute approximate surface area is 192 Å². The zero-order valence-corrected chi connectivity index (χ0v) is 19.1. The van der Waals surface area contributed by atoms with Gasteiger partial charge in [-0.1, -0.05) is 13.3 Å². The molecule has 1 saturated heterocycles. The molecule has 1 unspecified atom stereocenters. The lowest BCUT2D eigenvalue weighted by atomic mass is 9.98. The first-order valence-corrected chi connectivity index (χ1v) is 11.3. The lowest BCUT2D eigenvalue weighted by molar-refractivity contribution is -0.151. The molecule has 1 N–H and O–H groups in total. The van der Waals surface area contributed by atoms with E-state index < -0.39 is 17.8 Å². The number of benzene rings is 1. The molecule has 1 fully saturated rings. The van der Waals surface area contributed by atoms with Crippen molar-refractivity contribution in [1.29, 1.82) is 0 Å². The highest BCUT2D eigenvalue weighted by molar-refractivity contribution is 5.89. The number of nitrogens with zero attached hydrogens (tertiary/aromatic N) is 2. The second-order valence-electron chi connectivity index (χ2n) is 8.03. The number of alkyl halides is 3. The van der Waals surface area contributed by atoms with Gasteiger partial charge in [-0.05, 0) is 50.5 Å². The Morgan fingerprint density at radius 3 is 2.45 bits per heavy atom. The number of esters is 1. The molecule has 3 amide bonds. The summed E-state index contributed by atoms with van der Waals surface area (Å²) < 4.78 is 43.3. The smallest absolute Gasteiger partial charge is 0.416 e. The highest BCUT2D eigenvalue weighted by Crippen LogP contribution is 2.29. The van der Waals surface area contributed by atoms with Crippen molar-refractivity contribution < 1.29 is 32.3 Å². The summed E-state index contributed by atoms with van der Waals surface area (Å²) in [5, 5.41) is 2.60. The molecule has 33 heavy (non-hydrogen) atoms. The SMILES string of the molecule is CCCCN(CCC(=O)N1CCCC(C(=O)OCC)C1)C(=O)Nc1ccc(C(F)(F)F)cc1. The van der Waals surface area contributed by atoms with E-state index in [1.807, 2.05) is 6.92 Å². The molecule has 1 aromatic carbocycles. The Hall–Kier alpha value is -2.78. The van der Waals surface area contributed by atoms with Crippen LogP contribution in [-0.2, 0) is 20.5 Å².